The van der Waals surface area contributed by atoms with E-state index in [-0.39, 0.29) is 5.91 Å². The van der Waals surface area contributed by atoms with Gasteiger partial charge in [-0.05, 0) is 45.3 Å². The fraction of sp³-hybridized carbons (Fsp3) is 0.611. The Hall–Kier alpha value is -2.15. The van der Waals surface area contributed by atoms with Crippen molar-refractivity contribution >= 4 is 5.91 Å². The van der Waals surface area contributed by atoms with Crippen LogP contribution in [0.25, 0.3) is 0 Å². The Kier molecular flexibility index (Phi) is 4.57. The van der Waals surface area contributed by atoms with Crippen molar-refractivity contribution in [3.05, 3.63) is 35.3 Å². The number of aryl methyl sites for hydroxylation is 1. The summed E-state index contributed by atoms with van der Waals surface area (Å²) < 4.78 is 7.58. The molecular formula is C18H25N5O2. The van der Waals surface area contributed by atoms with Gasteiger partial charge in [-0.15, -0.1) is 10.2 Å². The van der Waals surface area contributed by atoms with Gasteiger partial charge in [0.25, 0.3) is 5.91 Å². The molecule has 7 heteroatoms. The zero-order valence-electron chi connectivity index (χ0n) is 14.8. The summed E-state index contributed by atoms with van der Waals surface area (Å²) in [5.41, 5.74) is 0.876. The number of aromatic nitrogens is 3. The Labute approximate surface area is 147 Å². The van der Waals surface area contributed by atoms with E-state index in [2.05, 4.69) is 19.7 Å². The quantitative estimate of drug-likeness (QED) is 0.855. The average Bonchev–Trinajstić information content (AvgIpc) is 3.14. The van der Waals surface area contributed by atoms with Crippen LogP contribution in [0.3, 0.4) is 0 Å². The molecule has 0 atom stereocenters. The van der Waals surface area contributed by atoms with Gasteiger partial charge in [0, 0.05) is 18.7 Å². The smallest absolute Gasteiger partial charge is 0.290 e. The Morgan fingerprint density at radius 2 is 1.96 bits per heavy atom. The molecule has 0 radical (unpaired) electrons. The minimum atomic E-state index is -0.0588. The SMILES string of the molecule is Cc1ccoc1C(=O)N1CCCn2c(CN3CCCCC3)nnc2C1. The van der Waals surface area contributed by atoms with Crippen LogP contribution in [-0.2, 0) is 19.6 Å². The molecule has 2 aliphatic heterocycles. The van der Waals surface area contributed by atoms with Crippen LogP contribution in [0.15, 0.2) is 16.7 Å². The molecule has 0 N–H and O–H groups in total. The molecule has 0 bridgehead atoms. The summed E-state index contributed by atoms with van der Waals surface area (Å²) in [5, 5.41) is 8.80. The molecule has 2 aromatic heterocycles. The first-order valence-corrected chi connectivity index (χ1v) is 9.19. The molecule has 25 heavy (non-hydrogen) atoms. The van der Waals surface area contributed by atoms with E-state index in [1.165, 1.54) is 19.3 Å². The molecule has 1 amide bonds. The zero-order valence-corrected chi connectivity index (χ0v) is 14.8. The lowest BCUT2D eigenvalue weighted by Gasteiger charge is -2.25. The van der Waals surface area contributed by atoms with Crippen LogP contribution in [0, 0.1) is 6.92 Å². The Balaban J connectivity index is 1.50. The van der Waals surface area contributed by atoms with E-state index < -0.39 is 0 Å². The first-order chi connectivity index (χ1) is 12.2. The molecule has 1 saturated heterocycles. The monoisotopic (exact) mass is 343 g/mol. The summed E-state index contributed by atoms with van der Waals surface area (Å²) in [6, 6.07) is 1.82. The molecule has 7 nitrogen and oxygen atoms in total. The number of carbonyl (C=O) groups excluding carboxylic acids is 1. The standard InChI is InChI=1S/C18H25N5O2/c1-14-6-11-25-17(14)18(24)22-9-5-10-23-15(19-20-16(23)13-22)12-21-7-3-2-4-8-21/h6,11H,2-5,7-10,12-13H2,1H3. The summed E-state index contributed by atoms with van der Waals surface area (Å²) in [5.74, 6) is 2.28. The molecule has 0 spiro atoms. The largest absolute Gasteiger partial charge is 0.459 e. The highest BCUT2D eigenvalue weighted by atomic mass is 16.3. The molecule has 2 aliphatic rings. The van der Waals surface area contributed by atoms with Crippen molar-refractivity contribution < 1.29 is 9.21 Å². The number of likely N-dealkylation sites (tertiary alicyclic amines) is 1. The van der Waals surface area contributed by atoms with Crippen LogP contribution in [0.5, 0.6) is 0 Å². The predicted octanol–water partition coefficient (Wildman–Crippen LogP) is 2.21. The third-order valence-corrected chi connectivity index (χ3v) is 5.20. The second-order valence-corrected chi connectivity index (χ2v) is 7.03. The average molecular weight is 343 g/mol. The maximum Gasteiger partial charge on any atom is 0.290 e. The minimum absolute atomic E-state index is 0.0588. The van der Waals surface area contributed by atoms with E-state index in [1.54, 1.807) is 6.26 Å². The topological polar surface area (TPSA) is 67.4 Å². The molecule has 0 unspecified atom stereocenters. The van der Waals surface area contributed by atoms with E-state index >= 15 is 0 Å². The summed E-state index contributed by atoms with van der Waals surface area (Å²) in [6.45, 7) is 7.12. The predicted molar refractivity (Wildman–Crippen MR) is 92.0 cm³/mol. The number of hydrogen-bond acceptors (Lipinski definition) is 5. The van der Waals surface area contributed by atoms with E-state index in [4.69, 9.17) is 4.42 Å². The molecule has 134 valence electrons. The molecule has 0 aromatic carbocycles. The van der Waals surface area contributed by atoms with Gasteiger partial charge in [0.15, 0.2) is 11.6 Å². The number of amides is 1. The summed E-state index contributed by atoms with van der Waals surface area (Å²) >= 11 is 0. The van der Waals surface area contributed by atoms with Crippen LogP contribution in [0.2, 0.25) is 0 Å². The fourth-order valence-corrected chi connectivity index (χ4v) is 3.76. The number of piperidine rings is 1. The first-order valence-electron chi connectivity index (χ1n) is 9.19. The van der Waals surface area contributed by atoms with Gasteiger partial charge >= 0.3 is 0 Å². The van der Waals surface area contributed by atoms with Crippen LogP contribution in [-0.4, -0.2) is 50.1 Å². The summed E-state index contributed by atoms with van der Waals surface area (Å²) in [4.78, 5) is 17.0. The minimum Gasteiger partial charge on any atom is -0.459 e. The van der Waals surface area contributed by atoms with Crippen molar-refractivity contribution in [1.29, 1.82) is 0 Å². The Morgan fingerprint density at radius 1 is 1.12 bits per heavy atom. The van der Waals surface area contributed by atoms with Crippen molar-refractivity contribution in [3.63, 3.8) is 0 Å². The molecule has 2 aromatic rings. The third-order valence-electron chi connectivity index (χ3n) is 5.20. The van der Waals surface area contributed by atoms with Gasteiger partial charge in [-0.3, -0.25) is 9.69 Å². The second kappa shape index (κ2) is 7.00. The van der Waals surface area contributed by atoms with Crippen molar-refractivity contribution in [1.82, 2.24) is 24.6 Å². The van der Waals surface area contributed by atoms with Gasteiger partial charge in [0.05, 0.1) is 19.4 Å². The lowest BCUT2D eigenvalue weighted by molar-refractivity contribution is 0.0710. The fourth-order valence-electron chi connectivity index (χ4n) is 3.76. The van der Waals surface area contributed by atoms with E-state index in [9.17, 15) is 4.79 Å². The van der Waals surface area contributed by atoms with Gasteiger partial charge < -0.3 is 13.9 Å². The van der Waals surface area contributed by atoms with Gasteiger partial charge in [-0.1, -0.05) is 6.42 Å². The van der Waals surface area contributed by atoms with Crippen molar-refractivity contribution in [2.45, 2.75) is 52.2 Å². The van der Waals surface area contributed by atoms with Gasteiger partial charge in [-0.2, -0.15) is 0 Å². The highest BCUT2D eigenvalue weighted by molar-refractivity contribution is 5.92. The van der Waals surface area contributed by atoms with Crippen LogP contribution in [0.1, 0.15) is 53.5 Å². The maximum absolute atomic E-state index is 12.7. The third kappa shape index (κ3) is 3.33. The highest BCUT2D eigenvalue weighted by Crippen LogP contribution is 2.19. The summed E-state index contributed by atoms with van der Waals surface area (Å²) in [6.07, 6.45) is 6.35. The summed E-state index contributed by atoms with van der Waals surface area (Å²) in [7, 11) is 0. The van der Waals surface area contributed by atoms with Crippen LogP contribution >= 0.6 is 0 Å². The van der Waals surface area contributed by atoms with Crippen molar-refractivity contribution in [2.75, 3.05) is 19.6 Å². The zero-order chi connectivity index (χ0) is 17.2. The number of carbonyl (C=O) groups is 1. The Morgan fingerprint density at radius 3 is 2.72 bits per heavy atom. The van der Waals surface area contributed by atoms with Gasteiger partial charge in [0.1, 0.15) is 5.82 Å². The Bertz CT molecular complexity index is 744. The van der Waals surface area contributed by atoms with Gasteiger partial charge in [-0.25, -0.2) is 0 Å². The number of nitrogens with zero attached hydrogens (tertiary/aromatic N) is 5. The maximum atomic E-state index is 12.7. The molecule has 1 fully saturated rings. The lowest BCUT2D eigenvalue weighted by atomic mass is 10.1. The molecular weight excluding hydrogens is 318 g/mol. The highest BCUT2D eigenvalue weighted by Gasteiger charge is 2.26. The van der Waals surface area contributed by atoms with E-state index in [0.717, 1.165) is 49.8 Å². The van der Waals surface area contributed by atoms with Crippen molar-refractivity contribution in [2.24, 2.45) is 0 Å². The normalized spacial score (nSPS) is 18.8. The number of fused-ring (bicyclic) bond motifs is 1. The van der Waals surface area contributed by atoms with E-state index in [0.29, 0.717) is 18.8 Å². The van der Waals surface area contributed by atoms with Crippen molar-refractivity contribution in [3.8, 4) is 0 Å². The lowest BCUT2D eigenvalue weighted by Crippen LogP contribution is -2.31. The van der Waals surface area contributed by atoms with E-state index in [1.807, 2.05) is 17.9 Å². The molecule has 0 aliphatic carbocycles. The number of furan rings is 1. The van der Waals surface area contributed by atoms with Gasteiger partial charge in [0.2, 0.25) is 0 Å². The first kappa shape index (κ1) is 16.3. The number of rotatable bonds is 3. The molecule has 4 rings (SSSR count). The van der Waals surface area contributed by atoms with Crippen LogP contribution in [0.4, 0.5) is 0 Å². The molecule has 0 saturated carbocycles. The second-order valence-electron chi connectivity index (χ2n) is 7.03. The van der Waals surface area contributed by atoms with Crippen LogP contribution < -0.4 is 0 Å². The molecule has 4 heterocycles. The number of hydrogen-bond donors (Lipinski definition) is 0.